The molecule has 0 spiro atoms. The van der Waals surface area contributed by atoms with Crippen LogP contribution >= 0.6 is 0 Å². The van der Waals surface area contributed by atoms with E-state index in [1.807, 2.05) is 30.3 Å². The van der Waals surface area contributed by atoms with E-state index in [2.05, 4.69) is 24.0 Å². The van der Waals surface area contributed by atoms with Crippen LogP contribution in [0.4, 0.5) is 0 Å². The highest BCUT2D eigenvalue weighted by molar-refractivity contribution is 5.87. The summed E-state index contributed by atoms with van der Waals surface area (Å²) in [5.41, 5.74) is 7.03. The Kier molecular flexibility index (Phi) is 5.62. The van der Waals surface area contributed by atoms with Crippen LogP contribution < -0.4 is 5.73 Å². The van der Waals surface area contributed by atoms with Gasteiger partial charge >= 0.3 is 0 Å². The van der Waals surface area contributed by atoms with Gasteiger partial charge in [-0.05, 0) is 31.4 Å². The Morgan fingerprint density at radius 3 is 2.71 bits per heavy atom. The molecule has 0 heterocycles. The third-order valence-corrected chi connectivity index (χ3v) is 4.68. The van der Waals surface area contributed by atoms with Gasteiger partial charge in [-0.3, -0.25) is 0 Å². The zero-order chi connectivity index (χ0) is 15.2. The van der Waals surface area contributed by atoms with E-state index in [4.69, 9.17) is 10.9 Å². The van der Waals surface area contributed by atoms with E-state index in [0.717, 1.165) is 18.0 Å². The van der Waals surface area contributed by atoms with Crippen molar-refractivity contribution in [2.75, 3.05) is 13.6 Å². The molecular formula is C17H27N3O. The molecule has 4 nitrogen and oxygen atoms in total. The van der Waals surface area contributed by atoms with Crippen molar-refractivity contribution in [3.05, 3.63) is 35.9 Å². The van der Waals surface area contributed by atoms with Gasteiger partial charge in [0.05, 0.1) is 5.92 Å². The number of hydrogen-bond acceptors (Lipinski definition) is 3. The fraction of sp³-hybridized carbons (Fsp3) is 0.588. The lowest BCUT2D eigenvalue weighted by Crippen LogP contribution is -2.40. The molecule has 116 valence electrons. The summed E-state index contributed by atoms with van der Waals surface area (Å²) in [7, 11) is 2.16. The van der Waals surface area contributed by atoms with Gasteiger partial charge in [0.15, 0.2) is 0 Å². The molecule has 1 aliphatic carbocycles. The largest absolute Gasteiger partial charge is 0.409 e. The minimum atomic E-state index is -0.0570. The molecule has 1 aromatic carbocycles. The van der Waals surface area contributed by atoms with Crippen LogP contribution in [0.3, 0.4) is 0 Å². The maximum absolute atomic E-state index is 9.08. The van der Waals surface area contributed by atoms with Crippen LogP contribution in [-0.2, 0) is 0 Å². The molecule has 3 N–H and O–H groups in total. The van der Waals surface area contributed by atoms with Crippen molar-refractivity contribution in [3.63, 3.8) is 0 Å². The van der Waals surface area contributed by atoms with Crippen LogP contribution in [0.25, 0.3) is 0 Å². The first-order valence-corrected chi connectivity index (χ1v) is 7.84. The molecule has 0 amide bonds. The Morgan fingerprint density at radius 1 is 1.38 bits per heavy atom. The molecule has 2 rings (SSSR count). The van der Waals surface area contributed by atoms with Gasteiger partial charge < -0.3 is 15.8 Å². The van der Waals surface area contributed by atoms with Crippen molar-refractivity contribution >= 4 is 5.84 Å². The molecule has 0 aliphatic heterocycles. The van der Waals surface area contributed by atoms with Gasteiger partial charge in [-0.15, -0.1) is 0 Å². The number of likely N-dealkylation sites (N-methyl/N-ethyl adjacent to an activating group) is 1. The SMILES string of the molecule is CC1CCCC(N(C)CC(C(N)=NO)c2ccccc2)C1. The summed E-state index contributed by atoms with van der Waals surface area (Å²) in [6.07, 6.45) is 5.13. The topological polar surface area (TPSA) is 61.8 Å². The first-order chi connectivity index (χ1) is 10.1. The van der Waals surface area contributed by atoms with E-state index in [-0.39, 0.29) is 11.8 Å². The van der Waals surface area contributed by atoms with Crippen molar-refractivity contribution in [2.24, 2.45) is 16.8 Å². The predicted octanol–water partition coefficient (Wildman–Crippen LogP) is 3.03. The number of oxime groups is 1. The van der Waals surface area contributed by atoms with Crippen LogP contribution in [0, 0.1) is 5.92 Å². The van der Waals surface area contributed by atoms with Crippen LogP contribution in [-0.4, -0.2) is 35.6 Å². The van der Waals surface area contributed by atoms with Crippen LogP contribution in [0.2, 0.25) is 0 Å². The lowest BCUT2D eigenvalue weighted by Gasteiger charge is -2.36. The molecular weight excluding hydrogens is 262 g/mol. The molecule has 1 saturated carbocycles. The second kappa shape index (κ2) is 7.46. The molecule has 0 bridgehead atoms. The first kappa shape index (κ1) is 15.8. The average Bonchev–Trinajstić information content (AvgIpc) is 2.52. The molecule has 1 aromatic rings. The third kappa shape index (κ3) is 4.21. The standard InChI is InChI=1S/C17H27N3O/c1-13-7-6-10-15(11-13)20(2)12-16(17(18)19-21)14-8-4-3-5-9-14/h3-5,8-9,13,15-16,21H,6-7,10-12H2,1-2H3,(H2,18,19). The highest BCUT2D eigenvalue weighted by atomic mass is 16.4. The molecule has 3 unspecified atom stereocenters. The van der Waals surface area contributed by atoms with Crippen molar-refractivity contribution in [1.82, 2.24) is 4.90 Å². The maximum Gasteiger partial charge on any atom is 0.147 e. The van der Waals surface area contributed by atoms with Crippen molar-refractivity contribution in [2.45, 2.75) is 44.6 Å². The zero-order valence-corrected chi connectivity index (χ0v) is 13.1. The minimum absolute atomic E-state index is 0.0570. The summed E-state index contributed by atoms with van der Waals surface area (Å²) in [6, 6.07) is 10.7. The maximum atomic E-state index is 9.08. The number of benzene rings is 1. The predicted molar refractivity (Wildman–Crippen MR) is 86.6 cm³/mol. The smallest absolute Gasteiger partial charge is 0.147 e. The number of amidine groups is 1. The molecule has 4 heteroatoms. The van der Waals surface area contributed by atoms with E-state index in [9.17, 15) is 0 Å². The van der Waals surface area contributed by atoms with Crippen molar-refractivity contribution in [3.8, 4) is 0 Å². The normalized spacial score (nSPS) is 25.0. The van der Waals surface area contributed by atoms with E-state index in [1.54, 1.807) is 0 Å². The molecule has 21 heavy (non-hydrogen) atoms. The summed E-state index contributed by atoms with van der Waals surface area (Å²) >= 11 is 0. The van der Waals surface area contributed by atoms with Gasteiger partial charge in [0, 0.05) is 12.6 Å². The summed E-state index contributed by atoms with van der Waals surface area (Å²) in [6.45, 7) is 3.12. The molecule has 1 aliphatic rings. The number of rotatable bonds is 5. The Labute approximate surface area is 127 Å². The minimum Gasteiger partial charge on any atom is -0.409 e. The molecule has 0 radical (unpaired) electrons. The van der Waals surface area contributed by atoms with Crippen LogP contribution in [0.1, 0.15) is 44.1 Å². The van der Waals surface area contributed by atoms with Gasteiger partial charge in [0.2, 0.25) is 0 Å². The van der Waals surface area contributed by atoms with Gasteiger partial charge in [0.25, 0.3) is 0 Å². The monoisotopic (exact) mass is 289 g/mol. The van der Waals surface area contributed by atoms with Gasteiger partial charge in [0.1, 0.15) is 5.84 Å². The highest BCUT2D eigenvalue weighted by Gasteiger charge is 2.26. The second-order valence-corrected chi connectivity index (χ2v) is 6.35. The Bertz CT molecular complexity index is 460. The second-order valence-electron chi connectivity index (χ2n) is 6.35. The van der Waals surface area contributed by atoms with Crippen LogP contribution in [0.5, 0.6) is 0 Å². The molecule has 0 saturated heterocycles. The zero-order valence-electron chi connectivity index (χ0n) is 13.1. The lowest BCUT2D eigenvalue weighted by molar-refractivity contribution is 0.162. The van der Waals surface area contributed by atoms with Gasteiger partial charge in [-0.2, -0.15) is 0 Å². The Balaban J connectivity index is 2.08. The fourth-order valence-corrected chi connectivity index (χ4v) is 3.36. The highest BCUT2D eigenvalue weighted by Crippen LogP contribution is 2.28. The number of hydrogen-bond donors (Lipinski definition) is 2. The van der Waals surface area contributed by atoms with Crippen molar-refractivity contribution in [1.29, 1.82) is 0 Å². The van der Waals surface area contributed by atoms with Crippen molar-refractivity contribution < 1.29 is 5.21 Å². The Morgan fingerprint density at radius 2 is 2.10 bits per heavy atom. The van der Waals surface area contributed by atoms with E-state index in [1.165, 1.54) is 25.7 Å². The van der Waals surface area contributed by atoms with Gasteiger partial charge in [-0.25, -0.2) is 0 Å². The Hall–Kier alpha value is -1.55. The first-order valence-electron chi connectivity index (χ1n) is 7.84. The average molecular weight is 289 g/mol. The quantitative estimate of drug-likeness (QED) is 0.379. The molecule has 1 fully saturated rings. The third-order valence-electron chi connectivity index (χ3n) is 4.68. The molecule has 3 atom stereocenters. The summed E-state index contributed by atoms with van der Waals surface area (Å²) in [5, 5.41) is 12.3. The van der Waals surface area contributed by atoms with E-state index < -0.39 is 0 Å². The van der Waals surface area contributed by atoms with E-state index >= 15 is 0 Å². The molecule has 0 aromatic heterocycles. The number of nitrogens with zero attached hydrogens (tertiary/aromatic N) is 2. The number of nitrogens with two attached hydrogens (primary N) is 1. The summed E-state index contributed by atoms with van der Waals surface area (Å²) in [4.78, 5) is 2.38. The van der Waals surface area contributed by atoms with Crippen LogP contribution in [0.15, 0.2) is 35.5 Å². The lowest BCUT2D eigenvalue weighted by atomic mass is 9.85. The summed E-state index contributed by atoms with van der Waals surface area (Å²) in [5.74, 6) is 1.03. The van der Waals surface area contributed by atoms with E-state index in [0.29, 0.717) is 6.04 Å². The summed E-state index contributed by atoms with van der Waals surface area (Å²) < 4.78 is 0. The fourth-order valence-electron chi connectivity index (χ4n) is 3.36. The van der Waals surface area contributed by atoms with Gasteiger partial charge in [-0.1, -0.05) is 55.3 Å².